The van der Waals surface area contributed by atoms with E-state index < -0.39 is 0 Å². The van der Waals surface area contributed by atoms with Gasteiger partial charge >= 0.3 is 0 Å². The van der Waals surface area contributed by atoms with Crippen LogP contribution in [-0.2, 0) is 11.3 Å². The molecule has 0 atom stereocenters. The second-order valence-electron chi connectivity index (χ2n) is 6.35. The molecule has 1 aromatic carbocycles. The summed E-state index contributed by atoms with van der Waals surface area (Å²) >= 11 is 0. The molecule has 0 unspecified atom stereocenters. The molecule has 0 bridgehead atoms. The number of benzene rings is 1. The average molecular weight is 331 g/mol. The van der Waals surface area contributed by atoms with Crippen molar-refractivity contribution in [1.82, 2.24) is 15.0 Å². The van der Waals surface area contributed by atoms with Crippen LogP contribution in [0.2, 0.25) is 0 Å². The van der Waals surface area contributed by atoms with E-state index in [9.17, 15) is 4.79 Å². The van der Waals surface area contributed by atoms with Gasteiger partial charge in [0.15, 0.2) is 6.61 Å². The monoisotopic (exact) mass is 331 g/mol. The predicted molar refractivity (Wildman–Crippen MR) is 85.7 cm³/mol. The van der Waals surface area contributed by atoms with Crippen LogP contribution in [0.5, 0.6) is 5.75 Å². The number of rotatable bonds is 4. The van der Waals surface area contributed by atoms with Crippen molar-refractivity contribution in [3.8, 4) is 5.75 Å². The predicted octanol–water partition coefficient (Wildman–Crippen LogP) is 2.21. The standard InChI is InChI=1S/C17H21N3O4/c1-12-18-15(19-24-12)10-22-14-7-5-4-6-13(14)16(21)20-8-9-23-17(2,3)11-20/h4-7H,8-11H2,1-3H3. The van der Waals surface area contributed by atoms with E-state index >= 15 is 0 Å². The Morgan fingerprint density at radius 2 is 2.17 bits per heavy atom. The number of hydrogen-bond donors (Lipinski definition) is 0. The number of morpholine rings is 1. The number of nitrogens with zero attached hydrogens (tertiary/aromatic N) is 3. The van der Waals surface area contributed by atoms with Crippen LogP contribution in [0.4, 0.5) is 0 Å². The number of ether oxygens (including phenoxy) is 2. The number of carbonyl (C=O) groups excluding carboxylic acids is 1. The first-order valence-corrected chi connectivity index (χ1v) is 7.89. The highest BCUT2D eigenvalue weighted by molar-refractivity contribution is 5.97. The molecule has 0 aliphatic carbocycles. The first-order chi connectivity index (χ1) is 11.4. The molecule has 0 N–H and O–H groups in total. The molecule has 2 heterocycles. The second-order valence-corrected chi connectivity index (χ2v) is 6.35. The Morgan fingerprint density at radius 1 is 1.38 bits per heavy atom. The van der Waals surface area contributed by atoms with Gasteiger partial charge in [-0.1, -0.05) is 17.3 Å². The Bertz CT molecular complexity index is 726. The lowest BCUT2D eigenvalue weighted by Crippen LogP contribution is -2.50. The lowest BCUT2D eigenvalue weighted by atomic mass is 10.1. The van der Waals surface area contributed by atoms with E-state index in [4.69, 9.17) is 14.0 Å². The highest BCUT2D eigenvalue weighted by Crippen LogP contribution is 2.24. The van der Waals surface area contributed by atoms with Crippen molar-refractivity contribution >= 4 is 5.91 Å². The molecule has 128 valence electrons. The number of amides is 1. The van der Waals surface area contributed by atoms with E-state index in [2.05, 4.69) is 10.1 Å². The number of hydrogen-bond acceptors (Lipinski definition) is 6. The summed E-state index contributed by atoms with van der Waals surface area (Å²) in [6.07, 6.45) is 0. The molecule has 1 aromatic heterocycles. The smallest absolute Gasteiger partial charge is 0.257 e. The molecule has 1 aliphatic heterocycles. The van der Waals surface area contributed by atoms with E-state index in [-0.39, 0.29) is 18.1 Å². The second kappa shape index (κ2) is 6.60. The molecular formula is C17H21N3O4. The SMILES string of the molecule is Cc1nc(COc2ccccc2C(=O)N2CCOC(C)(C)C2)no1. The minimum absolute atomic E-state index is 0.0636. The van der Waals surface area contributed by atoms with E-state index in [0.29, 0.717) is 42.7 Å². The van der Waals surface area contributed by atoms with E-state index in [1.54, 1.807) is 24.0 Å². The zero-order valence-electron chi connectivity index (χ0n) is 14.1. The molecule has 2 aromatic rings. The lowest BCUT2D eigenvalue weighted by Gasteiger charge is -2.38. The molecule has 7 heteroatoms. The zero-order valence-corrected chi connectivity index (χ0v) is 14.1. The van der Waals surface area contributed by atoms with Crippen molar-refractivity contribution in [2.45, 2.75) is 33.0 Å². The summed E-state index contributed by atoms with van der Waals surface area (Å²) < 4.78 is 16.3. The fourth-order valence-electron chi connectivity index (χ4n) is 2.67. The van der Waals surface area contributed by atoms with Gasteiger partial charge in [0.25, 0.3) is 5.91 Å². The summed E-state index contributed by atoms with van der Waals surface area (Å²) in [6, 6.07) is 7.19. The Morgan fingerprint density at radius 3 is 2.88 bits per heavy atom. The van der Waals surface area contributed by atoms with Gasteiger partial charge in [-0.2, -0.15) is 4.98 Å². The van der Waals surface area contributed by atoms with Gasteiger partial charge in [-0.05, 0) is 26.0 Å². The minimum atomic E-state index is -0.341. The summed E-state index contributed by atoms with van der Waals surface area (Å²) in [5, 5.41) is 3.79. The maximum absolute atomic E-state index is 12.9. The normalized spacial score (nSPS) is 16.9. The summed E-state index contributed by atoms with van der Waals surface area (Å²) in [4.78, 5) is 18.8. The van der Waals surface area contributed by atoms with Crippen molar-refractivity contribution in [1.29, 1.82) is 0 Å². The van der Waals surface area contributed by atoms with Gasteiger partial charge in [0.2, 0.25) is 11.7 Å². The molecule has 24 heavy (non-hydrogen) atoms. The number of aromatic nitrogens is 2. The van der Waals surface area contributed by atoms with Crippen LogP contribution in [0.15, 0.2) is 28.8 Å². The molecule has 1 saturated heterocycles. The van der Waals surface area contributed by atoms with Gasteiger partial charge in [0.05, 0.1) is 17.8 Å². The van der Waals surface area contributed by atoms with Crippen LogP contribution in [-0.4, -0.2) is 46.2 Å². The van der Waals surface area contributed by atoms with Crippen molar-refractivity contribution in [2.75, 3.05) is 19.7 Å². The Labute approximate surface area is 140 Å². The molecule has 7 nitrogen and oxygen atoms in total. The zero-order chi connectivity index (χ0) is 17.2. The van der Waals surface area contributed by atoms with Crippen molar-refractivity contribution in [2.24, 2.45) is 0 Å². The Hall–Kier alpha value is -2.41. The maximum Gasteiger partial charge on any atom is 0.257 e. The first-order valence-electron chi connectivity index (χ1n) is 7.89. The van der Waals surface area contributed by atoms with Gasteiger partial charge < -0.3 is 18.9 Å². The van der Waals surface area contributed by atoms with Gasteiger partial charge in [-0.25, -0.2) is 0 Å². The van der Waals surface area contributed by atoms with E-state index in [1.165, 1.54) is 0 Å². The van der Waals surface area contributed by atoms with Crippen LogP contribution in [0.1, 0.15) is 35.9 Å². The van der Waals surface area contributed by atoms with Gasteiger partial charge in [-0.3, -0.25) is 4.79 Å². The van der Waals surface area contributed by atoms with Crippen LogP contribution in [0.25, 0.3) is 0 Å². The quantitative estimate of drug-likeness (QED) is 0.855. The summed E-state index contributed by atoms with van der Waals surface area (Å²) in [5.41, 5.74) is 0.182. The molecule has 3 rings (SSSR count). The molecule has 0 radical (unpaired) electrons. The summed E-state index contributed by atoms with van der Waals surface area (Å²) in [7, 11) is 0. The Balaban J connectivity index is 1.74. The van der Waals surface area contributed by atoms with E-state index in [0.717, 1.165) is 0 Å². The maximum atomic E-state index is 12.9. The van der Waals surface area contributed by atoms with Gasteiger partial charge in [0.1, 0.15) is 5.75 Å². The fourth-order valence-corrected chi connectivity index (χ4v) is 2.67. The fraction of sp³-hybridized carbons (Fsp3) is 0.471. The average Bonchev–Trinajstić information content (AvgIpc) is 2.97. The number of para-hydroxylation sites is 1. The van der Waals surface area contributed by atoms with Crippen LogP contribution < -0.4 is 4.74 Å². The Kier molecular flexibility index (Phi) is 4.53. The third kappa shape index (κ3) is 3.73. The largest absolute Gasteiger partial charge is 0.485 e. The van der Waals surface area contributed by atoms with Crippen molar-refractivity contribution in [3.63, 3.8) is 0 Å². The third-order valence-corrected chi connectivity index (χ3v) is 3.76. The first kappa shape index (κ1) is 16.4. The molecule has 1 aliphatic rings. The summed E-state index contributed by atoms with van der Waals surface area (Å²) in [5.74, 6) is 1.37. The lowest BCUT2D eigenvalue weighted by molar-refractivity contribution is -0.0764. The van der Waals surface area contributed by atoms with Crippen LogP contribution in [0, 0.1) is 6.92 Å². The van der Waals surface area contributed by atoms with Crippen molar-refractivity contribution < 1.29 is 18.8 Å². The molecule has 1 amide bonds. The topological polar surface area (TPSA) is 77.7 Å². The molecule has 0 spiro atoms. The van der Waals surface area contributed by atoms with Crippen molar-refractivity contribution in [3.05, 3.63) is 41.5 Å². The molecular weight excluding hydrogens is 310 g/mol. The molecule has 1 fully saturated rings. The van der Waals surface area contributed by atoms with Gasteiger partial charge in [0, 0.05) is 20.0 Å². The highest BCUT2D eigenvalue weighted by atomic mass is 16.5. The number of carbonyl (C=O) groups is 1. The van der Waals surface area contributed by atoms with Crippen LogP contribution >= 0.6 is 0 Å². The van der Waals surface area contributed by atoms with Gasteiger partial charge in [-0.15, -0.1) is 0 Å². The molecule has 0 saturated carbocycles. The third-order valence-electron chi connectivity index (χ3n) is 3.76. The summed E-state index contributed by atoms with van der Waals surface area (Å²) in [6.45, 7) is 7.47. The highest BCUT2D eigenvalue weighted by Gasteiger charge is 2.31. The van der Waals surface area contributed by atoms with Crippen LogP contribution in [0.3, 0.4) is 0 Å². The number of aryl methyl sites for hydroxylation is 1. The minimum Gasteiger partial charge on any atom is -0.485 e. The van der Waals surface area contributed by atoms with E-state index in [1.807, 2.05) is 26.0 Å².